The highest BCUT2D eigenvalue weighted by molar-refractivity contribution is 5.71. The summed E-state index contributed by atoms with van der Waals surface area (Å²) in [5, 5.41) is 0. The molecule has 0 aliphatic heterocycles. The van der Waals surface area contributed by atoms with Crippen molar-refractivity contribution in [3.63, 3.8) is 0 Å². The lowest BCUT2D eigenvalue weighted by Gasteiger charge is -2.18. The average molecular weight is 1010 g/mol. The largest absolute Gasteiger partial charge is 0.462 e. The molecular weight excluding hydrogens is 901 g/mol. The van der Waals surface area contributed by atoms with Gasteiger partial charge in [0, 0.05) is 19.3 Å². The number of hydrogen-bond donors (Lipinski definition) is 0. The fraction of sp³-hybridized carbons (Fsp3) is 0.687. The number of rotatable bonds is 54. The van der Waals surface area contributed by atoms with E-state index in [0.29, 0.717) is 19.3 Å². The number of ether oxygens (including phenoxy) is 3. The molecule has 416 valence electrons. The first kappa shape index (κ1) is 69.1. The van der Waals surface area contributed by atoms with Gasteiger partial charge in [-0.1, -0.05) is 265 Å². The number of unbranched alkanes of at least 4 members (excludes halogenated alkanes) is 25. The van der Waals surface area contributed by atoms with Crippen molar-refractivity contribution in [2.24, 2.45) is 0 Å². The Kier molecular flexibility index (Phi) is 57.4. The summed E-state index contributed by atoms with van der Waals surface area (Å²) in [6.07, 6.45) is 82.3. The zero-order chi connectivity index (χ0) is 52.9. The van der Waals surface area contributed by atoms with Crippen molar-refractivity contribution in [1.29, 1.82) is 0 Å². The van der Waals surface area contributed by atoms with E-state index in [1.807, 2.05) is 0 Å². The summed E-state index contributed by atoms with van der Waals surface area (Å²) in [6.45, 7) is 6.39. The molecule has 0 aromatic heterocycles. The summed E-state index contributed by atoms with van der Waals surface area (Å²) in [7, 11) is 0. The zero-order valence-corrected chi connectivity index (χ0v) is 47.6. The third-order valence-electron chi connectivity index (χ3n) is 12.8. The summed E-state index contributed by atoms with van der Waals surface area (Å²) < 4.78 is 16.9. The Balaban J connectivity index is 4.29. The van der Waals surface area contributed by atoms with E-state index >= 15 is 0 Å². The molecule has 0 saturated carbocycles. The van der Waals surface area contributed by atoms with Crippen molar-refractivity contribution in [2.75, 3.05) is 13.2 Å². The van der Waals surface area contributed by atoms with E-state index in [1.165, 1.54) is 116 Å². The maximum atomic E-state index is 12.9. The van der Waals surface area contributed by atoms with Crippen LogP contribution in [0, 0.1) is 0 Å². The van der Waals surface area contributed by atoms with Crippen LogP contribution in [0.15, 0.2) is 109 Å². The quantitative estimate of drug-likeness (QED) is 0.0261. The number of hydrogen-bond acceptors (Lipinski definition) is 6. The smallest absolute Gasteiger partial charge is 0.306 e. The van der Waals surface area contributed by atoms with Gasteiger partial charge in [0.1, 0.15) is 13.2 Å². The molecule has 0 rings (SSSR count). The molecule has 73 heavy (non-hydrogen) atoms. The highest BCUT2D eigenvalue weighted by atomic mass is 16.6. The topological polar surface area (TPSA) is 78.9 Å². The fourth-order valence-corrected chi connectivity index (χ4v) is 8.28. The lowest BCUT2D eigenvalue weighted by molar-refractivity contribution is -0.167. The molecule has 0 bridgehead atoms. The van der Waals surface area contributed by atoms with E-state index in [0.717, 1.165) is 122 Å². The Morgan fingerprint density at radius 1 is 0.288 bits per heavy atom. The Morgan fingerprint density at radius 2 is 0.534 bits per heavy atom. The number of allylic oxidation sites excluding steroid dienone is 18. The van der Waals surface area contributed by atoms with Gasteiger partial charge in [-0.2, -0.15) is 0 Å². The normalized spacial score (nSPS) is 12.9. The monoisotopic (exact) mass is 1010 g/mol. The van der Waals surface area contributed by atoms with Gasteiger partial charge in [-0.15, -0.1) is 0 Å². The summed E-state index contributed by atoms with van der Waals surface area (Å²) in [5.41, 5.74) is 0. The molecule has 0 aromatic rings. The van der Waals surface area contributed by atoms with Crippen LogP contribution in [0.5, 0.6) is 0 Å². The molecule has 6 heteroatoms. The number of esters is 3. The number of carbonyl (C=O) groups excluding carboxylic acids is 3. The third kappa shape index (κ3) is 58.8. The van der Waals surface area contributed by atoms with Gasteiger partial charge in [-0.3, -0.25) is 14.4 Å². The summed E-state index contributed by atoms with van der Waals surface area (Å²) in [5.74, 6) is -0.897. The molecule has 0 aliphatic carbocycles. The second-order valence-electron chi connectivity index (χ2n) is 19.9. The Morgan fingerprint density at radius 3 is 0.836 bits per heavy atom. The lowest BCUT2D eigenvalue weighted by atomic mass is 10.0. The molecule has 0 saturated heterocycles. The SMILES string of the molecule is CC/C=C\C/C=C\C/C=C\C/C=C\C/C=C\CCCCCCCCCC(=O)OCC(COC(=O)CCCCCCCCCCC)OC(=O)CCCCCCCCCCCC/C=C\C/C=C\C/C=C\C/C=C\CC. The van der Waals surface area contributed by atoms with Crippen molar-refractivity contribution in [3.8, 4) is 0 Å². The van der Waals surface area contributed by atoms with Gasteiger partial charge < -0.3 is 14.2 Å². The molecule has 0 amide bonds. The van der Waals surface area contributed by atoms with Crippen LogP contribution in [-0.4, -0.2) is 37.2 Å². The summed E-state index contributed by atoms with van der Waals surface area (Å²) in [4.78, 5) is 38.2. The van der Waals surface area contributed by atoms with Crippen LogP contribution >= 0.6 is 0 Å². The summed E-state index contributed by atoms with van der Waals surface area (Å²) >= 11 is 0. The fourth-order valence-electron chi connectivity index (χ4n) is 8.28. The van der Waals surface area contributed by atoms with E-state index in [9.17, 15) is 14.4 Å². The van der Waals surface area contributed by atoms with E-state index < -0.39 is 6.10 Å². The van der Waals surface area contributed by atoms with Gasteiger partial charge in [-0.05, 0) is 103 Å². The molecule has 0 radical (unpaired) electrons. The van der Waals surface area contributed by atoms with Crippen molar-refractivity contribution in [3.05, 3.63) is 109 Å². The predicted molar refractivity (Wildman–Crippen MR) is 316 cm³/mol. The standard InChI is InChI=1S/C67H112O6/c1-4-7-10-13-16-19-21-23-25-27-29-31-33-35-37-39-41-43-45-48-51-54-57-60-66(69)72-63-64(62-71-65(68)59-56-53-50-47-18-15-12-9-6-3)73-67(70)61-58-55-52-49-46-44-42-40-38-36-34-32-30-28-26-24-22-20-17-14-11-8-5-2/h7-8,10-11,16-17,19-20,23-26,29-32,35,37,64H,4-6,9,12-15,18,21-22,27-28,33-34,36,38-63H2,1-3H3/b10-7-,11-8-,19-16-,20-17-,25-23-,26-24-,31-29-,32-30-,37-35-. The van der Waals surface area contributed by atoms with Gasteiger partial charge in [0.05, 0.1) is 0 Å². The minimum atomic E-state index is -0.785. The molecule has 0 aromatic carbocycles. The first-order valence-corrected chi connectivity index (χ1v) is 30.4. The molecule has 0 N–H and O–H groups in total. The molecule has 0 heterocycles. The average Bonchev–Trinajstić information content (AvgIpc) is 3.39. The Labute approximate surface area is 450 Å². The maximum absolute atomic E-state index is 12.9. The molecule has 0 aliphatic rings. The maximum Gasteiger partial charge on any atom is 0.306 e. The Bertz CT molecular complexity index is 1490. The van der Waals surface area contributed by atoms with Crippen LogP contribution in [0.25, 0.3) is 0 Å². The minimum Gasteiger partial charge on any atom is -0.462 e. The van der Waals surface area contributed by atoms with E-state index in [2.05, 4.69) is 130 Å². The predicted octanol–water partition coefficient (Wildman–Crippen LogP) is 20.7. The highest BCUT2D eigenvalue weighted by Gasteiger charge is 2.19. The molecule has 0 fully saturated rings. The first-order valence-electron chi connectivity index (χ1n) is 30.4. The zero-order valence-electron chi connectivity index (χ0n) is 47.6. The van der Waals surface area contributed by atoms with E-state index in [4.69, 9.17) is 14.2 Å². The van der Waals surface area contributed by atoms with Crippen LogP contribution < -0.4 is 0 Å². The van der Waals surface area contributed by atoms with Gasteiger partial charge >= 0.3 is 17.9 Å². The van der Waals surface area contributed by atoms with Gasteiger partial charge in [-0.25, -0.2) is 0 Å². The van der Waals surface area contributed by atoms with Gasteiger partial charge in [0.2, 0.25) is 0 Å². The Hall–Kier alpha value is -3.93. The van der Waals surface area contributed by atoms with Crippen molar-refractivity contribution in [2.45, 2.75) is 284 Å². The van der Waals surface area contributed by atoms with Gasteiger partial charge in [0.15, 0.2) is 6.10 Å². The lowest BCUT2D eigenvalue weighted by Crippen LogP contribution is -2.30. The van der Waals surface area contributed by atoms with Gasteiger partial charge in [0.25, 0.3) is 0 Å². The second kappa shape index (κ2) is 60.6. The molecule has 6 nitrogen and oxygen atoms in total. The van der Waals surface area contributed by atoms with Crippen LogP contribution in [0.1, 0.15) is 278 Å². The highest BCUT2D eigenvalue weighted by Crippen LogP contribution is 2.15. The molecular formula is C67H112O6. The van der Waals surface area contributed by atoms with Crippen molar-refractivity contribution in [1.82, 2.24) is 0 Å². The van der Waals surface area contributed by atoms with Crippen molar-refractivity contribution >= 4 is 17.9 Å². The molecule has 1 unspecified atom stereocenters. The minimum absolute atomic E-state index is 0.0825. The molecule has 1 atom stereocenters. The van der Waals surface area contributed by atoms with Crippen LogP contribution in [0.4, 0.5) is 0 Å². The third-order valence-corrected chi connectivity index (χ3v) is 12.8. The van der Waals surface area contributed by atoms with E-state index in [1.54, 1.807) is 0 Å². The number of carbonyl (C=O) groups is 3. The molecule has 0 spiro atoms. The summed E-state index contributed by atoms with van der Waals surface area (Å²) in [6, 6.07) is 0. The van der Waals surface area contributed by atoms with Crippen LogP contribution in [0.2, 0.25) is 0 Å². The van der Waals surface area contributed by atoms with Crippen molar-refractivity contribution < 1.29 is 28.6 Å². The van der Waals surface area contributed by atoms with E-state index in [-0.39, 0.29) is 31.1 Å². The van der Waals surface area contributed by atoms with Crippen LogP contribution in [0.3, 0.4) is 0 Å². The second-order valence-corrected chi connectivity index (χ2v) is 19.9. The first-order chi connectivity index (χ1) is 36.0. The van der Waals surface area contributed by atoms with Crippen LogP contribution in [-0.2, 0) is 28.6 Å².